The van der Waals surface area contributed by atoms with Gasteiger partial charge in [0, 0.05) is 5.69 Å². The monoisotopic (exact) mass is 262 g/mol. The summed E-state index contributed by atoms with van der Waals surface area (Å²) in [7, 11) is 0. The molecule has 0 amide bonds. The number of nitrogens with two attached hydrogens (primary N) is 2. The maximum absolute atomic E-state index is 9.15. The fourth-order valence-electron chi connectivity index (χ4n) is 1.61. The van der Waals surface area contributed by atoms with Crippen molar-refractivity contribution in [2.75, 3.05) is 16.8 Å². The van der Waals surface area contributed by atoms with Gasteiger partial charge in [-0.1, -0.05) is 6.07 Å². The van der Waals surface area contributed by atoms with E-state index in [9.17, 15) is 0 Å². The number of hydrogen-bond acceptors (Lipinski definition) is 8. The molecule has 8 heteroatoms. The van der Waals surface area contributed by atoms with Crippen LogP contribution in [0.15, 0.2) is 18.2 Å². The van der Waals surface area contributed by atoms with E-state index in [4.69, 9.17) is 21.7 Å². The smallest absolute Gasteiger partial charge is 0.233 e. The van der Waals surface area contributed by atoms with Gasteiger partial charge in [-0.05, 0) is 23.3 Å². The van der Waals surface area contributed by atoms with Crippen LogP contribution in [0.5, 0.6) is 0 Å². The second-order valence-electron chi connectivity index (χ2n) is 3.85. The standard InChI is InChI=1S/C11H14N6O2/c12-9-15-10(13)17-11(16-9)14-8-2-6(4-18)1-7(3-8)5-19/h1-3,18-19H,4-5H2,(H5,12,13,14,15,16,17). The molecule has 0 saturated carbocycles. The van der Waals surface area contributed by atoms with Crippen molar-refractivity contribution in [3.63, 3.8) is 0 Å². The van der Waals surface area contributed by atoms with E-state index >= 15 is 0 Å². The number of hydrogen-bond donors (Lipinski definition) is 5. The molecule has 0 saturated heterocycles. The predicted molar refractivity (Wildman–Crippen MR) is 70.2 cm³/mol. The molecule has 8 nitrogen and oxygen atoms in total. The summed E-state index contributed by atoms with van der Waals surface area (Å²) in [5, 5.41) is 21.2. The van der Waals surface area contributed by atoms with Gasteiger partial charge in [0.1, 0.15) is 0 Å². The number of aliphatic hydroxyl groups is 2. The molecule has 7 N–H and O–H groups in total. The Morgan fingerprint density at radius 3 is 1.89 bits per heavy atom. The summed E-state index contributed by atoms with van der Waals surface area (Å²) in [6.07, 6.45) is 0. The minimum Gasteiger partial charge on any atom is -0.392 e. The van der Waals surface area contributed by atoms with Crippen molar-refractivity contribution in [2.24, 2.45) is 0 Å². The molecule has 0 spiro atoms. The Bertz CT molecular complexity index is 547. The van der Waals surface area contributed by atoms with Gasteiger partial charge in [0.2, 0.25) is 17.8 Å². The van der Waals surface area contributed by atoms with Crippen LogP contribution in [0.1, 0.15) is 11.1 Å². The van der Waals surface area contributed by atoms with Crippen LogP contribution >= 0.6 is 0 Å². The van der Waals surface area contributed by atoms with Crippen LogP contribution in [0.25, 0.3) is 0 Å². The lowest BCUT2D eigenvalue weighted by atomic mass is 10.1. The van der Waals surface area contributed by atoms with Crippen LogP contribution in [0.4, 0.5) is 23.5 Å². The topological polar surface area (TPSA) is 143 Å². The molecule has 1 aromatic heterocycles. The molecule has 1 aromatic carbocycles. The number of aromatic nitrogens is 3. The van der Waals surface area contributed by atoms with E-state index < -0.39 is 0 Å². The third-order valence-corrected chi connectivity index (χ3v) is 2.34. The summed E-state index contributed by atoms with van der Waals surface area (Å²) >= 11 is 0. The highest BCUT2D eigenvalue weighted by Crippen LogP contribution is 2.19. The summed E-state index contributed by atoms with van der Waals surface area (Å²) in [5.41, 5.74) is 12.9. The van der Waals surface area contributed by atoms with Crippen LogP contribution in [0.3, 0.4) is 0 Å². The molecule has 2 aromatic rings. The van der Waals surface area contributed by atoms with Crippen LogP contribution in [0, 0.1) is 0 Å². The Hall–Kier alpha value is -2.45. The molecule has 0 atom stereocenters. The van der Waals surface area contributed by atoms with Crippen molar-refractivity contribution in [1.82, 2.24) is 15.0 Å². The molecule has 0 bridgehead atoms. The van der Waals surface area contributed by atoms with Gasteiger partial charge in [0.05, 0.1) is 13.2 Å². The molecule has 0 aliphatic carbocycles. The number of rotatable bonds is 4. The van der Waals surface area contributed by atoms with Gasteiger partial charge in [-0.25, -0.2) is 0 Å². The van der Waals surface area contributed by atoms with E-state index in [1.165, 1.54) is 0 Å². The summed E-state index contributed by atoms with van der Waals surface area (Å²) < 4.78 is 0. The Morgan fingerprint density at radius 1 is 0.895 bits per heavy atom. The molecular formula is C11H14N6O2. The molecule has 100 valence electrons. The minimum atomic E-state index is -0.135. The van der Waals surface area contributed by atoms with Crippen LogP contribution in [0.2, 0.25) is 0 Å². The van der Waals surface area contributed by atoms with Gasteiger partial charge < -0.3 is 27.0 Å². The van der Waals surface area contributed by atoms with E-state index in [0.29, 0.717) is 16.8 Å². The van der Waals surface area contributed by atoms with Gasteiger partial charge >= 0.3 is 0 Å². The van der Waals surface area contributed by atoms with Crippen molar-refractivity contribution in [2.45, 2.75) is 13.2 Å². The lowest BCUT2D eigenvalue weighted by Crippen LogP contribution is -2.07. The summed E-state index contributed by atoms with van der Waals surface area (Å²) in [5.74, 6) is 0.218. The summed E-state index contributed by atoms with van der Waals surface area (Å²) in [4.78, 5) is 11.4. The van der Waals surface area contributed by atoms with E-state index in [1.807, 2.05) is 0 Å². The quantitative estimate of drug-likeness (QED) is 0.508. The largest absolute Gasteiger partial charge is 0.392 e. The molecule has 0 radical (unpaired) electrons. The predicted octanol–water partition coefficient (Wildman–Crippen LogP) is -0.236. The van der Waals surface area contributed by atoms with Gasteiger partial charge in [0.15, 0.2) is 0 Å². The maximum atomic E-state index is 9.15. The average Bonchev–Trinajstić information content (AvgIpc) is 2.37. The lowest BCUT2D eigenvalue weighted by Gasteiger charge is -2.09. The van der Waals surface area contributed by atoms with Gasteiger partial charge in [-0.2, -0.15) is 15.0 Å². The zero-order valence-electron chi connectivity index (χ0n) is 10.0. The Kier molecular flexibility index (Phi) is 3.74. The van der Waals surface area contributed by atoms with Gasteiger partial charge in [0.25, 0.3) is 0 Å². The van der Waals surface area contributed by atoms with E-state index in [1.54, 1.807) is 18.2 Å². The Morgan fingerprint density at radius 2 is 1.42 bits per heavy atom. The van der Waals surface area contributed by atoms with Crippen molar-refractivity contribution in [3.05, 3.63) is 29.3 Å². The minimum absolute atomic E-state index is 0.00990. The highest BCUT2D eigenvalue weighted by atomic mass is 16.3. The first kappa shape index (κ1) is 13.0. The SMILES string of the molecule is Nc1nc(N)nc(Nc2cc(CO)cc(CO)c2)n1. The fraction of sp³-hybridized carbons (Fsp3) is 0.182. The van der Waals surface area contributed by atoms with E-state index in [2.05, 4.69) is 20.3 Å². The summed E-state index contributed by atoms with van der Waals surface area (Å²) in [6.45, 7) is -0.270. The first-order valence-corrected chi connectivity index (χ1v) is 5.49. The molecule has 0 unspecified atom stereocenters. The molecule has 0 aliphatic rings. The number of aliphatic hydroxyl groups excluding tert-OH is 2. The van der Waals surface area contributed by atoms with Crippen molar-refractivity contribution >= 4 is 23.5 Å². The zero-order chi connectivity index (χ0) is 13.8. The molecule has 1 heterocycles. The van der Waals surface area contributed by atoms with Gasteiger partial charge in [-0.3, -0.25) is 0 Å². The highest BCUT2D eigenvalue weighted by molar-refractivity contribution is 5.57. The molecule has 0 fully saturated rings. The van der Waals surface area contributed by atoms with Crippen molar-refractivity contribution in [1.29, 1.82) is 0 Å². The van der Waals surface area contributed by atoms with Crippen molar-refractivity contribution in [3.8, 4) is 0 Å². The first-order chi connectivity index (χ1) is 9.10. The number of nitrogens with one attached hydrogen (secondary N) is 1. The summed E-state index contributed by atoms with van der Waals surface area (Å²) in [6, 6.07) is 5.10. The van der Waals surface area contributed by atoms with Crippen LogP contribution < -0.4 is 16.8 Å². The molecular weight excluding hydrogens is 248 g/mol. The fourth-order valence-corrected chi connectivity index (χ4v) is 1.61. The zero-order valence-corrected chi connectivity index (χ0v) is 10.0. The second kappa shape index (κ2) is 5.46. The van der Waals surface area contributed by atoms with Gasteiger partial charge in [-0.15, -0.1) is 0 Å². The molecule has 0 aliphatic heterocycles. The number of nitrogen functional groups attached to an aromatic ring is 2. The third kappa shape index (κ3) is 3.27. The normalized spacial score (nSPS) is 10.4. The third-order valence-electron chi connectivity index (χ3n) is 2.34. The van der Waals surface area contributed by atoms with Crippen molar-refractivity contribution < 1.29 is 10.2 Å². The van der Waals surface area contributed by atoms with E-state index in [0.717, 1.165) is 0 Å². The second-order valence-corrected chi connectivity index (χ2v) is 3.85. The number of benzene rings is 1. The molecule has 19 heavy (non-hydrogen) atoms. The number of anilines is 4. The van der Waals surface area contributed by atoms with Crippen LogP contribution in [-0.2, 0) is 13.2 Å². The Balaban J connectivity index is 2.31. The average molecular weight is 262 g/mol. The molecule has 2 rings (SSSR count). The highest BCUT2D eigenvalue weighted by Gasteiger charge is 2.05. The van der Waals surface area contributed by atoms with Crippen LogP contribution in [-0.4, -0.2) is 25.2 Å². The van der Waals surface area contributed by atoms with E-state index in [-0.39, 0.29) is 31.1 Å². The Labute approximate surface area is 109 Å². The lowest BCUT2D eigenvalue weighted by molar-refractivity contribution is 0.275. The first-order valence-electron chi connectivity index (χ1n) is 5.49. The maximum Gasteiger partial charge on any atom is 0.233 e. The number of nitrogens with zero attached hydrogens (tertiary/aromatic N) is 3.